The number of likely N-dealkylation sites (N-methyl/N-ethyl adjacent to an activating group) is 1. The lowest BCUT2D eigenvalue weighted by Gasteiger charge is -2.31. The van der Waals surface area contributed by atoms with Gasteiger partial charge >= 0.3 is 0 Å². The van der Waals surface area contributed by atoms with Crippen molar-refractivity contribution in [1.29, 1.82) is 0 Å². The lowest BCUT2D eigenvalue weighted by molar-refractivity contribution is -0.121. The van der Waals surface area contributed by atoms with Crippen LogP contribution >= 0.6 is 11.8 Å². The van der Waals surface area contributed by atoms with Crippen molar-refractivity contribution >= 4 is 28.6 Å². The number of fused-ring (bicyclic) bond motifs is 2. The summed E-state index contributed by atoms with van der Waals surface area (Å²) in [7, 11) is 0. The van der Waals surface area contributed by atoms with Crippen molar-refractivity contribution in [2.75, 3.05) is 19.3 Å². The summed E-state index contributed by atoms with van der Waals surface area (Å²) in [4.78, 5) is 25.1. The summed E-state index contributed by atoms with van der Waals surface area (Å²) in [6.45, 7) is 12.9. The van der Waals surface area contributed by atoms with E-state index >= 15 is 0 Å². The maximum absolute atomic E-state index is 12.9. The number of ketones is 1. The number of thioether (sulfide) groups is 1. The summed E-state index contributed by atoms with van der Waals surface area (Å²) in [6, 6.07) is 0.440. The highest BCUT2D eigenvalue weighted by molar-refractivity contribution is 7.98. The van der Waals surface area contributed by atoms with E-state index in [1.165, 1.54) is 0 Å². The van der Waals surface area contributed by atoms with Crippen molar-refractivity contribution in [3.8, 4) is 11.5 Å². The molecule has 0 aromatic carbocycles. The van der Waals surface area contributed by atoms with E-state index in [2.05, 4.69) is 44.7 Å². The van der Waals surface area contributed by atoms with Gasteiger partial charge in [0.1, 0.15) is 10.8 Å². The molecule has 3 aromatic heterocycles. The van der Waals surface area contributed by atoms with E-state index in [9.17, 15) is 4.79 Å². The molecule has 0 saturated heterocycles. The minimum Gasteiger partial charge on any atom is -0.360 e. The van der Waals surface area contributed by atoms with Crippen molar-refractivity contribution in [3.05, 3.63) is 17.5 Å². The van der Waals surface area contributed by atoms with E-state index in [-0.39, 0.29) is 17.7 Å². The predicted molar refractivity (Wildman–Crippen MR) is 140 cm³/mol. The maximum Gasteiger partial charge on any atom is 0.185 e. The molecule has 35 heavy (non-hydrogen) atoms. The van der Waals surface area contributed by atoms with Crippen molar-refractivity contribution in [2.24, 2.45) is 0 Å². The number of nitrogens with zero attached hydrogens (tertiary/aromatic N) is 6. The van der Waals surface area contributed by atoms with Gasteiger partial charge < -0.3 is 4.52 Å². The third-order valence-electron chi connectivity index (χ3n) is 7.52. The number of Topliss-reactive ketones (excluding diaryl/α,β-unsaturated/α-hetero) is 1. The van der Waals surface area contributed by atoms with E-state index in [0.717, 1.165) is 72.6 Å². The zero-order valence-electron chi connectivity index (χ0n) is 21.9. The van der Waals surface area contributed by atoms with E-state index in [1.807, 2.05) is 17.1 Å². The monoisotopic (exact) mass is 498 g/mol. The average molecular weight is 499 g/mol. The second-order valence-corrected chi connectivity index (χ2v) is 10.3. The quantitative estimate of drug-likeness (QED) is 0.247. The maximum atomic E-state index is 12.9. The Morgan fingerprint density at radius 3 is 2.71 bits per heavy atom. The molecule has 4 rings (SSSR count). The highest BCUT2D eigenvalue weighted by Gasteiger charge is 2.34. The first-order valence-electron chi connectivity index (χ1n) is 13.0. The Bertz CT molecular complexity index is 1170. The van der Waals surface area contributed by atoms with Gasteiger partial charge in [0.05, 0.1) is 23.5 Å². The van der Waals surface area contributed by atoms with Gasteiger partial charge in [0, 0.05) is 18.0 Å². The Hall–Kier alpha value is -2.26. The highest BCUT2D eigenvalue weighted by atomic mass is 32.2. The molecule has 9 heteroatoms. The zero-order valence-corrected chi connectivity index (χ0v) is 22.7. The van der Waals surface area contributed by atoms with Crippen LogP contribution in [0.2, 0.25) is 0 Å². The van der Waals surface area contributed by atoms with Crippen molar-refractivity contribution in [2.45, 2.75) is 96.2 Å². The van der Waals surface area contributed by atoms with Crippen molar-refractivity contribution < 1.29 is 9.32 Å². The predicted octanol–water partition coefficient (Wildman–Crippen LogP) is 5.67. The number of hydrogen-bond donors (Lipinski definition) is 0. The van der Waals surface area contributed by atoms with Gasteiger partial charge in [0.25, 0.3) is 0 Å². The topological polar surface area (TPSA) is 89.9 Å². The molecule has 3 atom stereocenters. The number of carbonyl (C=O) groups is 1. The summed E-state index contributed by atoms with van der Waals surface area (Å²) in [5.74, 6) is 1.33. The first-order chi connectivity index (χ1) is 16.9. The molecule has 0 N–H and O–H groups in total. The molecule has 0 fully saturated rings. The molecule has 0 bridgehead atoms. The number of hydrogen-bond acceptors (Lipinski definition) is 8. The van der Waals surface area contributed by atoms with Gasteiger partial charge in [-0.05, 0) is 58.9 Å². The highest BCUT2D eigenvalue weighted by Crippen LogP contribution is 2.39. The molecule has 0 unspecified atom stereocenters. The molecule has 3 aromatic rings. The lowest BCUT2D eigenvalue weighted by Crippen LogP contribution is -2.38. The largest absolute Gasteiger partial charge is 0.360 e. The molecule has 1 aliphatic rings. The first-order valence-corrected chi connectivity index (χ1v) is 14.2. The van der Waals surface area contributed by atoms with Crippen LogP contribution in [0.25, 0.3) is 22.6 Å². The Morgan fingerprint density at radius 1 is 1.26 bits per heavy atom. The SMILES string of the molecule is CCCCC(=O)[C@H]1CCCc2c(-c3nc(SC)c4cnn([C@@H](C)[C@H](C)N(CC)CC)c4n3)noc21. The molecule has 8 nitrogen and oxygen atoms in total. The summed E-state index contributed by atoms with van der Waals surface area (Å²) in [6.07, 6.45) is 9.01. The van der Waals surface area contributed by atoms with Gasteiger partial charge in [0.2, 0.25) is 0 Å². The second-order valence-electron chi connectivity index (χ2n) is 9.47. The summed E-state index contributed by atoms with van der Waals surface area (Å²) < 4.78 is 7.83. The molecule has 3 heterocycles. The number of unbranched alkanes of at least 4 members (excludes halogenated alkanes) is 1. The molecule has 0 spiro atoms. The third-order valence-corrected chi connectivity index (χ3v) is 8.21. The van der Waals surface area contributed by atoms with Crippen molar-refractivity contribution in [3.63, 3.8) is 0 Å². The molecular formula is C26H38N6O2S. The van der Waals surface area contributed by atoms with Crippen LogP contribution in [-0.2, 0) is 11.2 Å². The minimum atomic E-state index is -0.198. The number of carbonyl (C=O) groups excluding carboxylic acids is 1. The molecular weight excluding hydrogens is 460 g/mol. The standard InChI is InChI=1S/C26H38N6O2S/c1-7-10-14-21(33)18-12-11-13-19-22(30-34-23(18)19)24-28-25-20(26(29-24)35-6)15-27-32(25)17(5)16(4)31(8-2)9-3/h15-18H,7-14H2,1-6H3/t16-,17-,18+/m0/s1. The van der Waals surface area contributed by atoms with Crippen LogP contribution in [0, 0.1) is 0 Å². The van der Waals surface area contributed by atoms with Gasteiger partial charge in [0.15, 0.2) is 22.9 Å². The van der Waals surface area contributed by atoms with Gasteiger partial charge in [-0.25, -0.2) is 14.6 Å². The van der Waals surface area contributed by atoms with E-state index in [1.54, 1.807) is 11.8 Å². The third kappa shape index (κ3) is 4.89. The zero-order chi connectivity index (χ0) is 25.1. The second kappa shape index (κ2) is 11.2. The van der Waals surface area contributed by atoms with Crippen LogP contribution in [0.4, 0.5) is 0 Å². The molecule has 190 valence electrons. The normalized spacial score (nSPS) is 17.6. The van der Waals surface area contributed by atoms with E-state index in [4.69, 9.17) is 19.6 Å². The smallest absolute Gasteiger partial charge is 0.185 e. The Kier molecular flexibility index (Phi) is 8.27. The molecule has 0 radical (unpaired) electrons. The van der Waals surface area contributed by atoms with Gasteiger partial charge in [-0.1, -0.05) is 32.3 Å². The van der Waals surface area contributed by atoms with Gasteiger partial charge in [-0.3, -0.25) is 9.69 Å². The summed E-state index contributed by atoms with van der Waals surface area (Å²) in [5, 5.41) is 11.0. The summed E-state index contributed by atoms with van der Waals surface area (Å²) in [5.41, 5.74) is 2.48. The fourth-order valence-corrected chi connectivity index (χ4v) is 5.77. The van der Waals surface area contributed by atoms with Crippen LogP contribution < -0.4 is 0 Å². The molecule has 1 aliphatic carbocycles. The average Bonchev–Trinajstić information content (AvgIpc) is 3.51. The van der Waals surface area contributed by atoms with Crippen LogP contribution in [0.3, 0.4) is 0 Å². The van der Waals surface area contributed by atoms with Crippen LogP contribution in [0.5, 0.6) is 0 Å². The molecule has 0 amide bonds. The number of aromatic nitrogens is 5. The first kappa shape index (κ1) is 25.8. The fourth-order valence-electron chi connectivity index (χ4n) is 5.23. The number of rotatable bonds is 11. The van der Waals surface area contributed by atoms with Gasteiger partial charge in [-0.15, -0.1) is 11.8 Å². The Balaban J connectivity index is 1.75. The van der Waals surface area contributed by atoms with Crippen molar-refractivity contribution in [1.82, 2.24) is 29.8 Å². The Morgan fingerprint density at radius 2 is 2.03 bits per heavy atom. The lowest BCUT2D eigenvalue weighted by atomic mass is 9.83. The van der Waals surface area contributed by atoms with Crippen LogP contribution in [0.15, 0.2) is 15.7 Å². The fraction of sp³-hybridized carbons (Fsp3) is 0.654. The van der Waals surface area contributed by atoms with Gasteiger partial charge in [-0.2, -0.15) is 5.10 Å². The summed E-state index contributed by atoms with van der Waals surface area (Å²) >= 11 is 1.58. The van der Waals surface area contributed by atoms with Crippen LogP contribution in [0.1, 0.15) is 90.0 Å². The molecule has 0 aliphatic heterocycles. The van der Waals surface area contributed by atoms with E-state index < -0.39 is 0 Å². The van der Waals surface area contributed by atoms with Crippen LogP contribution in [-0.4, -0.2) is 61.0 Å². The Labute approximate surface area is 212 Å². The van der Waals surface area contributed by atoms with E-state index in [0.29, 0.717) is 24.0 Å². The minimum absolute atomic E-state index is 0.136. The molecule has 0 saturated carbocycles.